The van der Waals surface area contributed by atoms with Crippen LogP contribution in [0, 0.1) is 0 Å². The van der Waals surface area contributed by atoms with Crippen molar-refractivity contribution < 1.29 is 4.79 Å². The molecule has 4 rings (SSSR count). The second-order valence-electron chi connectivity index (χ2n) is 6.85. The van der Waals surface area contributed by atoms with Crippen molar-refractivity contribution in [2.45, 2.75) is 6.42 Å². The minimum absolute atomic E-state index is 0.0502. The average Bonchev–Trinajstić information content (AvgIpc) is 3.23. The maximum atomic E-state index is 12.4. The van der Waals surface area contributed by atoms with Gasteiger partial charge in [0.05, 0.1) is 0 Å². The summed E-state index contributed by atoms with van der Waals surface area (Å²) < 4.78 is 4.49. The highest BCUT2D eigenvalue weighted by molar-refractivity contribution is 7.09. The van der Waals surface area contributed by atoms with Crippen molar-refractivity contribution in [1.29, 1.82) is 0 Å². The molecule has 1 saturated heterocycles. The molecule has 7 heteroatoms. The molecule has 2 aromatic carbocycles. The Morgan fingerprint density at radius 2 is 1.76 bits per heavy atom. The first-order valence-electron chi connectivity index (χ1n) is 9.51. The number of hydrogen-bond acceptors (Lipinski definition) is 5. The average molecular weight is 425 g/mol. The Kier molecular flexibility index (Phi) is 6.22. The van der Waals surface area contributed by atoms with E-state index in [1.54, 1.807) is 6.08 Å². The number of aromatic nitrogens is 2. The van der Waals surface area contributed by atoms with Gasteiger partial charge in [-0.3, -0.25) is 4.79 Å². The molecule has 1 fully saturated rings. The molecule has 0 N–H and O–H groups in total. The monoisotopic (exact) mass is 424 g/mol. The van der Waals surface area contributed by atoms with Crippen molar-refractivity contribution in [1.82, 2.24) is 14.3 Å². The van der Waals surface area contributed by atoms with Crippen LogP contribution in [0.25, 0.3) is 6.08 Å². The highest BCUT2D eigenvalue weighted by Gasteiger charge is 2.22. The third-order valence-corrected chi connectivity index (χ3v) is 5.88. The number of halogens is 1. The molecule has 148 valence electrons. The SMILES string of the molecule is O=C(/C=C/c1ccccc1)N1CCN(c2nc(Cc3ccc(Cl)cc3)ns2)CC1. The first-order valence-corrected chi connectivity index (χ1v) is 10.7. The molecule has 1 amide bonds. The lowest BCUT2D eigenvalue weighted by atomic mass is 10.1. The summed E-state index contributed by atoms with van der Waals surface area (Å²) in [5.41, 5.74) is 2.17. The second kappa shape index (κ2) is 9.20. The smallest absolute Gasteiger partial charge is 0.246 e. The van der Waals surface area contributed by atoms with E-state index in [4.69, 9.17) is 11.6 Å². The van der Waals surface area contributed by atoms with Gasteiger partial charge in [-0.25, -0.2) is 4.98 Å². The number of carbonyl (C=O) groups is 1. The number of piperazine rings is 1. The molecule has 0 spiro atoms. The summed E-state index contributed by atoms with van der Waals surface area (Å²) in [6, 6.07) is 17.6. The molecule has 1 aromatic heterocycles. The Labute approximate surface area is 179 Å². The van der Waals surface area contributed by atoms with E-state index in [-0.39, 0.29) is 5.91 Å². The van der Waals surface area contributed by atoms with E-state index < -0.39 is 0 Å². The number of amides is 1. The number of anilines is 1. The van der Waals surface area contributed by atoms with Gasteiger partial charge < -0.3 is 9.80 Å². The van der Waals surface area contributed by atoms with Gasteiger partial charge in [0.1, 0.15) is 5.82 Å². The fourth-order valence-corrected chi connectivity index (χ4v) is 4.05. The lowest BCUT2D eigenvalue weighted by molar-refractivity contribution is -0.126. The summed E-state index contributed by atoms with van der Waals surface area (Å²) in [4.78, 5) is 21.2. The topological polar surface area (TPSA) is 49.3 Å². The largest absolute Gasteiger partial charge is 0.343 e. The van der Waals surface area contributed by atoms with Crippen LogP contribution < -0.4 is 4.90 Å². The standard InChI is InChI=1S/C22H21ClN4OS/c23-19-9-6-18(7-10-19)16-20-24-22(29-25-20)27-14-12-26(13-15-27)21(28)11-8-17-4-2-1-3-5-17/h1-11H,12-16H2/b11-8+. The molecule has 3 aromatic rings. The van der Waals surface area contributed by atoms with Crippen LogP contribution in [0.1, 0.15) is 17.0 Å². The van der Waals surface area contributed by atoms with E-state index in [1.807, 2.05) is 65.6 Å². The van der Waals surface area contributed by atoms with Gasteiger partial charge in [-0.05, 0) is 29.3 Å². The highest BCUT2D eigenvalue weighted by atomic mass is 35.5. The number of rotatable bonds is 5. The van der Waals surface area contributed by atoms with Crippen molar-refractivity contribution in [3.05, 3.63) is 82.6 Å². The Morgan fingerprint density at radius 3 is 2.48 bits per heavy atom. The predicted octanol–water partition coefficient (Wildman–Crippen LogP) is 4.14. The van der Waals surface area contributed by atoms with Gasteiger partial charge in [0.25, 0.3) is 0 Å². The van der Waals surface area contributed by atoms with Crippen LogP contribution in [0.2, 0.25) is 5.02 Å². The zero-order valence-electron chi connectivity index (χ0n) is 15.9. The van der Waals surface area contributed by atoms with Gasteiger partial charge in [0.2, 0.25) is 11.0 Å². The Hall–Kier alpha value is -2.70. The normalized spacial score (nSPS) is 14.5. The molecule has 1 aliphatic rings. The quantitative estimate of drug-likeness (QED) is 0.577. The highest BCUT2D eigenvalue weighted by Crippen LogP contribution is 2.21. The van der Waals surface area contributed by atoms with Crippen LogP contribution in [-0.2, 0) is 11.2 Å². The molecule has 29 heavy (non-hydrogen) atoms. The maximum Gasteiger partial charge on any atom is 0.246 e. The Morgan fingerprint density at radius 1 is 1.03 bits per heavy atom. The van der Waals surface area contributed by atoms with E-state index in [1.165, 1.54) is 11.5 Å². The minimum atomic E-state index is 0.0502. The third kappa shape index (κ3) is 5.22. The number of hydrogen-bond donors (Lipinski definition) is 0. The predicted molar refractivity (Wildman–Crippen MR) is 118 cm³/mol. The van der Waals surface area contributed by atoms with Gasteiger partial charge in [0.15, 0.2) is 0 Å². The van der Waals surface area contributed by atoms with E-state index in [2.05, 4.69) is 14.3 Å². The molecule has 2 heterocycles. The van der Waals surface area contributed by atoms with Gasteiger partial charge in [0, 0.05) is 55.2 Å². The first kappa shape index (κ1) is 19.6. The van der Waals surface area contributed by atoms with Crippen LogP contribution in [-0.4, -0.2) is 46.3 Å². The van der Waals surface area contributed by atoms with Crippen LogP contribution >= 0.6 is 23.1 Å². The lowest BCUT2D eigenvalue weighted by Gasteiger charge is -2.33. The number of benzene rings is 2. The van der Waals surface area contributed by atoms with E-state index in [0.717, 1.165) is 40.2 Å². The molecule has 0 radical (unpaired) electrons. The van der Waals surface area contributed by atoms with Crippen LogP contribution in [0.5, 0.6) is 0 Å². The van der Waals surface area contributed by atoms with Gasteiger partial charge >= 0.3 is 0 Å². The van der Waals surface area contributed by atoms with E-state index in [9.17, 15) is 4.79 Å². The number of carbonyl (C=O) groups excluding carboxylic acids is 1. The van der Waals surface area contributed by atoms with Crippen molar-refractivity contribution in [3.8, 4) is 0 Å². The fraction of sp³-hybridized carbons (Fsp3) is 0.227. The maximum absolute atomic E-state index is 12.4. The minimum Gasteiger partial charge on any atom is -0.343 e. The molecule has 0 unspecified atom stereocenters. The Balaban J connectivity index is 1.30. The van der Waals surface area contributed by atoms with Crippen molar-refractivity contribution in [3.63, 3.8) is 0 Å². The summed E-state index contributed by atoms with van der Waals surface area (Å²) in [6.45, 7) is 2.90. The van der Waals surface area contributed by atoms with Crippen LogP contribution in [0.4, 0.5) is 5.13 Å². The molecule has 0 saturated carbocycles. The molecule has 0 bridgehead atoms. The van der Waals surface area contributed by atoms with Crippen LogP contribution in [0.15, 0.2) is 60.7 Å². The van der Waals surface area contributed by atoms with E-state index >= 15 is 0 Å². The van der Waals surface area contributed by atoms with E-state index in [0.29, 0.717) is 19.5 Å². The zero-order chi connectivity index (χ0) is 20.1. The van der Waals surface area contributed by atoms with Crippen molar-refractivity contribution in [2.75, 3.05) is 31.1 Å². The number of nitrogens with zero attached hydrogens (tertiary/aromatic N) is 4. The lowest BCUT2D eigenvalue weighted by Crippen LogP contribution is -2.48. The summed E-state index contributed by atoms with van der Waals surface area (Å²) >= 11 is 7.35. The molecular formula is C22H21ClN4OS. The van der Waals surface area contributed by atoms with Crippen LogP contribution in [0.3, 0.4) is 0 Å². The van der Waals surface area contributed by atoms with Gasteiger partial charge in [-0.2, -0.15) is 4.37 Å². The molecule has 1 aliphatic heterocycles. The summed E-state index contributed by atoms with van der Waals surface area (Å²) in [5, 5.41) is 1.65. The first-order chi connectivity index (χ1) is 14.2. The van der Waals surface area contributed by atoms with Crippen molar-refractivity contribution in [2.24, 2.45) is 0 Å². The summed E-state index contributed by atoms with van der Waals surface area (Å²) in [5.74, 6) is 0.866. The molecule has 0 aliphatic carbocycles. The summed E-state index contributed by atoms with van der Waals surface area (Å²) in [6.07, 6.45) is 4.21. The summed E-state index contributed by atoms with van der Waals surface area (Å²) in [7, 11) is 0. The van der Waals surface area contributed by atoms with Gasteiger partial charge in [-0.15, -0.1) is 0 Å². The zero-order valence-corrected chi connectivity index (χ0v) is 17.4. The molecule has 0 atom stereocenters. The fourth-order valence-electron chi connectivity index (χ4n) is 3.19. The third-order valence-electron chi connectivity index (χ3n) is 4.81. The van der Waals surface area contributed by atoms with Gasteiger partial charge in [-0.1, -0.05) is 54.1 Å². The molecular weight excluding hydrogens is 404 g/mol. The Bertz CT molecular complexity index is 980. The van der Waals surface area contributed by atoms with Crippen molar-refractivity contribution >= 4 is 40.2 Å². The second-order valence-corrected chi connectivity index (χ2v) is 8.02. The molecule has 5 nitrogen and oxygen atoms in total.